The Balaban J connectivity index is 2.54. The van der Waals surface area contributed by atoms with Gasteiger partial charge in [0, 0.05) is 0 Å². The molecule has 0 amide bonds. The lowest BCUT2D eigenvalue weighted by Crippen LogP contribution is -1.81. The van der Waals surface area contributed by atoms with E-state index in [0.717, 1.165) is 23.9 Å². The number of oxazole rings is 1. The van der Waals surface area contributed by atoms with E-state index < -0.39 is 0 Å². The van der Waals surface area contributed by atoms with Crippen molar-refractivity contribution in [3.63, 3.8) is 0 Å². The number of hydrogen-bond acceptors (Lipinski definition) is 2. The van der Waals surface area contributed by atoms with Crippen LogP contribution in [0.3, 0.4) is 0 Å². The molecule has 0 aliphatic rings. The molecular weight excluding hydrogens is 182 g/mol. The number of fused-ring (bicyclic) bond motifs is 1. The highest BCUT2D eigenvalue weighted by Crippen LogP contribution is 2.16. The minimum Gasteiger partial charge on any atom is -0.429 e. The van der Waals surface area contributed by atoms with Gasteiger partial charge in [0.05, 0.1) is 5.52 Å². The average Bonchev–Trinajstić information content (AvgIpc) is 2.44. The maximum atomic E-state index is 5.26. The first-order valence-corrected chi connectivity index (χ1v) is 4.82. The molecule has 0 aliphatic carbocycles. The van der Waals surface area contributed by atoms with Crippen LogP contribution in [0.2, 0.25) is 0 Å². The van der Waals surface area contributed by atoms with Crippen molar-refractivity contribution in [3.8, 4) is 0 Å². The Morgan fingerprint density at radius 3 is 3.08 bits per heavy atom. The molecule has 0 unspecified atom stereocenters. The standard InChI is InChI=1S/C10H11NOS/c1-2-3-7-4-5-9-8(6-7)11-10(13)12-9/h4-6H,2-3H2,1H3,(H,11,13). The number of aromatic amines is 1. The van der Waals surface area contributed by atoms with Crippen molar-refractivity contribution in [1.29, 1.82) is 0 Å². The second-order valence-corrected chi connectivity index (χ2v) is 3.47. The number of hydrogen-bond donors (Lipinski definition) is 1. The lowest BCUT2D eigenvalue weighted by molar-refractivity contribution is 0.583. The van der Waals surface area contributed by atoms with Crippen molar-refractivity contribution in [1.82, 2.24) is 4.98 Å². The number of nitrogens with one attached hydrogen (secondary N) is 1. The molecule has 13 heavy (non-hydrogen) atoms. The molecule has 2 nitrogen and oxygen atoms in total. The third kappa shape index (κ3) is 1.65. The van der Waals surface area contributed by atoms with E-state index in [0.29, 0.717) is 4.84 Å². The largest absolute Gasteiger partial charge is 0.429 e. The van der Waals surface area contributed by atoms with Crippen molar-refractivity contribution >= 4 is 23.3 Å². The molecule has 68 valence electrons. The second kappa shape index (κ2) is 3.34. The van der Waals surface area contributed by atoms with Gasteiger partial charge in [0.25, 0.3) is 4.84 Å². The monoisotopic (exact) mass is 193 g/mol. The molecule has 3 heteroatoms. The van der Waals surface area contributed by atoms with E-state index >= 15 is 0 Å². The van der Waals surface area contributed by atoms with E-state index in [1.807, 2.05) is 6.07 Å². The quantitative estimate of drug-likeness (QED) is 0.740. The third-order valence-corrected chi connectivity index (χ3v) is 2.21. The Morgan fingerprint density at radius 1 is 1.46 bits per heavy atom. The Morgan fingerprint density at radius 2 is 2.31 bits per heavy atom. The maximum Gasteiger partial charge on any atom is 0.266 e. The zero-order chi connectivity index (χ0) is 9.26. The zero-order valence-electron chi connectivity index (χ0n) is 7.46. The molecule has 0 saturated carbocycles. The summed E-state index contributed by atoms with van der Waals surface area (Å²) in [4.78, 5) is 3.45. The molecule has 2 rings (SSSR count). The third-order valence-electron chi connectivity index (χ3n) is 2.02. The molecule has 0 aliphatic heterocycles. The summed E-state index contributed by atoms with van der Waals surface area (Å²) in [5, 5.41) is 0. The van der Waals surface area contributed by atoms with Gasteiger partial charge in [-0.05, 0) is 36.3 Å². The van der Waals surface area contributed by atoms with E-state index in [4.69, 9.17) is 16.6 Å². The van der Waals surface area contributed by atoms with Crippen LogP contribution in [0.1, 0.15) is 18.9 Å². The predicted octanol–water partition coefficient (Wildman–Crippen LogP) is 3.44. The minimum atomic E-state index is 0.448. The second-order valence-electron chi connectivity index (χ2n) is 3.10. The Bertz CT molecular complexity index is 469. The Labute approximate surface area is 81.6 Å². The van der Waals surface area contributed by atoms with Crippen LogP contribution in [0.15, 0.2) is 22.6 Å². The van der Waals surface area contributed by atoms with Crippen molar-refractivity contribution in [2.45, 2.75) is 19.8 Å². The molecule has 0 atom stereocenters. The van der Waals surface area contributed by atoms with Crippen LogP contribution < -0.4 is 0 Å². The molecule has 0 saturated heterocycles. The summed E-state index contributed by atoms with van der Waals surface area (Å²) in [5.41, 5.74) is 3.16. The Kier molecular flexibility index (Phi) is 2.19. The predicted molar refractivity (Wildman–Crippen MR) is 55.4 cm³/mol. The molecule has 1 heterocycles. The summed E-state index contributed by atoms with van der Waals surface area (Å²) < 4.78 is 5.26. The van der Waals surface area contributed by atoms with E-state index in [1.165, 1.54) is 5.56 Å². The van der Waals surface area contributed by atoms with Crippen LogP contribution in [0.4, 0.5) is 0 Å². The van der Waals surface area contributed by atoms with Crippen LogP contribution in [0.5, 0.6) is 0 Å². The number of aryl methyl sites for hydroxylation is 1. The first-order valence-electron chi connectivity index (χ1n) is 4.41. The van der Waals surface area contributed by atoms with Crippen LogP contribution in [0.25, 0.3) is 11.1 Å². The van der Waals surface area contributed by atoms with Crippen LogP contribution in [0, 0.1) is 4.84 Å². The van der Waals surface area contributed by atoms with Crippen molar-refractivity contribution in [3.05, 3.63) is 28.6 Å². The fourth-order valence-electron chi connectivity index (χ4n) is 1.44. The number of H-pyrrole nitrogens is 1. The maximum absolute atomic E-state index is 5.26. The lowest BCUT2D eigenvalue weighted by atomic mass is 10.1. The molecule has 2 aromatic rings. The van der Waals surface area contributed by atoms with Gasteiger partial charge in [-0.25, -0.2) is 0 Å². The molecule has 0 radical (unpaired) electrons. The minimum absolute atomic E-state index is 0.448. The number of aromatic nitrogens is 1. The molecule has 0 fully saturated rings. The fraction of sp³-hybridized carbons (Fsp3) is 0.300. The summed E-state index contributed by atoms with van der Waals surface area (Å²) in [6, 6.07) is 6.14. The molecule has 1 aromatic heterocycles. The van der Waals surface area contributed by atoms with Gasteiger partial charge in [0.15, 0.2) is 5.58 Å². The van der Waals surface area contributed by atoms with Crippen molar-refractivity contribution < 1.29 is 4.42 Å². The van der Waals surface area contributed by atoms with Gasteiger partial charge in [-0.15, -0.1) is 0 Å². The number of rotatable bonds is 2. The van der Waals surface area contributed by atoms with E-state index in [2.05, 4.69) is 24.0 Å². The molecule has 0 spiro atoms. The van der Waals surface area contributed by atoms with Gasteiger partial charge in [-0.2, -0.15) is 0 Å². The van der Waals surface area contributed by atoms with Gasteiger partial charge in [0.1, 0.15) is 0 Å². The first kappa shape index (κ1) is 8.51. The van der Waals surface area contributed by atoms with Crippen molar-refractivity contribution in [2.75, 3.05) is 0 Å². The molecule has 1 N–H and O–H groups in total. The first-order chi connectivity index (χ1) is 6.29. The van der Waals surface area contributed by atoms with E-state index in [-0.39, 0.29) is 0 Å². The Hall–Kier alpha value is -1.09. The SMILES string of the molecule is CCCc1ccc2oc(=S)[nH]c2c1. The van der Waals surface area contributed by atoms with Crippen LogP contribution in [-0.2, 0) is 6.42 Å². The lowest BCUT2D eigenvalue weighted by Gasteiger charge is -1.96. The van der Waals surface area contributed by atoms with Crippen LogP contribution in [-0.4, -0.2) is 4.98 Å². The van der Waals surface area contributed by atoms with Gasteiger partial charge in [0.2, 0.25) is 0 Å². The highest BCUT2D eigenvalue weighted by atomic mass is 32.1. The van der Waals surface area contributed by atoms with E-state index in [1.54, 1.807) is 0 Å². The highest BCUT2D eigenvalue weighted by molar-refractivity contribution is 7.71. The summed E-state index contributed by atoms with van der Waals surface area (Å²) in [5.74, 6) is 0. The average molecular weight is 193 g/mol. The van der Waals surface area contributed by atoms with Gasteiger partial charge >= 0.3 is 0 Å². The zero-order valence-corrected chi connectivity index (χ0v) is 8.28. The van der Waals surface area contributed by atoms with Gasteiger partial charge in [-0.3, -0.25) is 0 Å². The molecule has 0 bridgehead atoms. The summed E-state index contributed by atoms with van der Waals surface area (Å²) in [6.45, 7) is 2.17. The number of benzene rings is 1. The summed E-state index contributed by atoms with van der Waals surface area (Å²) in [7, 11) is 0. The van der Waals surface area contributed by atoms with Gasteiger partial charge in [-0.1, -0.05) is 19.4 Å². The summed E-state index contributed by atoms with van der Waals surface area (Å²) >= 11 is 4.90. The fourth-order valence-corrected chi connectivity index (χ4v) is 1.64. The topological polar surface area (TPSA) is 28.9 Å². The normalized spacial score (nSPS) is 10.8. The summed E-state index contributed by atoms with van der Waals surface area (Å²) in [6.07, 6.45) is 2.26. The van der Waals surface area contributed by atoms with Crippen LogP contribution >= 0.6 is 12.2 Å². The molecular formula is C10H11NOS. The van der Waals surface area contributed by atoms with Crippen molar-refractivity contribution in [2.24, 2.45) is 0 Å². The molecule has 1 aromatic carbocycles. The highest BCUT2D eigenvalue weighted by Gasteiger charge is 1.99. The van der Waals surface area contributed by atoms with Gasteiger partial charge < -0.3 is 9.40 Å². The smallest absolute Gasteiger partial charge is 0.266 e. The van der Waals surface area contributed by atoms with E-state index in [9.17, 15) is 0 Å².